The first-order valence-electron chi connectivity index (χ1n) is 8.47. The lowest BCUT2D eigenvalue weighted by Crippen LogP contribution is -2.23. The predicted molar refractivity (Wildman–Crippen MR) is 87.1 cm³/mol. The van der Waals surface area contributed by atoms with Crippen molar-refractivity contribution in [3.8, 4) is 0 Å². The molecule has 0 spiro atoms. The van der Waals surface area contributed by atoms with Crippen molar-refractivity contribution in [2.24, 2.45) is 5.92 Å². The molecule has 3 heterocycles. The van der Waals surface area contributed by atoms with Crippen molar-refractivity contribution in [3.05, 3.63) is 35.7 Å². The van der Waals surface area contributed by atoms with Crippen LogP contribution < -0.4 is 5.32 Å². The third-order valence-corrected chi connectivity index (χ3v) is 4.63. The number of rotatable bonds is 6. The van der Waals surface area contributed by atoms with Gasteiger partial charge >= 0.3 is 0 Å². The van der Waals surface area contributed by atoms with Crippen molar-refractivity contribution >= 4 is 5.82 Å². The summed E-state index contributed by atoms with van der Waals surface area (Å²) in [7, 11) is 0. The molecule has 23 heavy (non-hydrogen) atoms. The van der Waals surface area contributed by atoms with Gasteiger partial charge in [-0.1, -0.05) is 0 Å². The molecular weight excluding hydrogens is 290 g/mol. The van der Waals surface area contributed by atoms with E-state index in [1.54, 1.807) is 0 Å². The van der Waals surface area contributed by atoms with Gasteiger partial charge in [-0.3, -0.25) is 4.90 Å². The summed E-state index contributed by atoms with van der Waals surface area (Å²) in [6.45, 7) is 5.99. The topological polar surface area (TPSA) is 67.1 Å². The van der Waals surface area contributed by atoms with Crippen LogP contribution in [0, 0.1) is 12.8 Å². The van der Waals surface area contributed by atoms with Gasteiger partial charge in [0, 0.05) is 25.2 Å². The zero-order chi connectivity index (χ0) is 15.6. The van der Waals surface area contributed by atoms with Crippen molar-refractivity contribution < 1.29 is 4.42 Å². The van der Waals surface area contributed by atoms with E-state index in [0.717, 1.165) is 43.8 Å². The second-order valence-corrected chi connectivity index (χ2v) is 6.80. The van der Waals surface area contributed by atoms with E-state index in [9.17, 15) is 0 Å². The van der Waals surface area contributed by atoms with Gasteiger partial charge in [0.1, 0.15) is 5.82 Å². The SMILES string of the molecule is Cc1ccnc(NC[C@H]2CCN(Cc3nnc(C4CC4)o3)C2)c1. The lowest BCUT2D eigenvalue weighted by atomic mass is 10.1. The van der Waals surface area contributed by atoms with Crippen LogP contribution in [-0.4, -0.2) is 39.7 Å². The largest absolute Gasteiger partial charge is 0.424 e. The Morgan fingerprint density at radius 2 is 2.22 bits per heavy atom. The monoisotopic (exact) mass is 313 g/mol. The number of aryl methyl sites for hydroxylation is 1. The summed E-state index contributed by atoms with van der Waals surface area (Å²) in [6, 6.07) is 4.10. The number of hydrogen-bond acceptors (Lipinski definition) is 6. The van der Waals surface area contributed by atoms with E-state index in [1.807, 2.05) is 12.3 Å². The molecule has 0 radical (unpaired) electrons. The van der Waals surface area contributed by atoms with Crippen molar-refractivity contribution in [3.63, 3.8) is 0 Å². The number of pyridine rings is 1. The number of hydrogen-bond donors (Lipinski definition) is 1. The Balaban J connectivity index is 1.25. The summed E-state index contributed by atoms with van der Waals surface area (Å²) in [4.78, 5) is 6.76. The van der Waals surface area contributed by atoms with Gasteiger partial charge in [-0.15, -0.1) is 10.2 Å². The first kappa shape index (κ1) is 14.6. The molecule has 6 nitrogen and oxygen atoms in total. The second-order valence-electron chi connectivity index (χ2n) is 6.80. The smallest absolute Gasteiger partial charge is 0.230 e. The van der Waals surface area contributed by atoms with E-state index in [2.05, 4.69) is 38.4 Å². The van der Waals surface area contributed by atoms with Crippen LogP contribution in [0.2, 0.25) is 0 Å². The Bertz CT molecular complexity index is 667. The molecular formula is C17H23N5O. The van der Waals surface area contributed by atoms with Gasteiger partial charge in [-0.05, 0) is 56.3 Å². The third-order valence-electron chi connectivity index (χ3n) is 4.63. The zero-order valence-electron chi connectivity index (χ0n) is 13.5. The summed E-state index contributed by atoms with van der Waals surface area (Å²) >= 11 is 0. The summed E-state index contributed by atoms with van der Waals surface area (Å²) in [6.07, 6.45) is 5.45. The second kappa shape index (κ2) is 6.28. The molecule has 0 unspecified atom stereocenters. The summed E-state index contributed by atoms with van der Waals surface area (Å²) in [5.74, 6) is 3.75. The molecule has 1 saturated heterocycles. The lowest BCUT2D eigenvalue weighted by Gasteiger charge is -2.14. The molecule has 1 saturated carbocycles. The normalized spacial score (nSPS) is 21.7. The highest BCUT2D eigenvalue weighted by Gasteiger charge is 2.30. The average Bonchev–Trinajstić information content (AvgIpc) is 3.13. The maximum Gasteiger partial charge on any atom is 0.230 e. The van der Waals surface area contributed by atoms with Gasteiger partial charge in [0.15, 0.2) is 0 Å². The van der Waals surface area contributed by atoms with E-state index in [-0.39, 0.29) is 0 Å². The maximum absolute atomic E-state index is 5.76. The fraction of sp³-hybridized carbons (Fsp3) is 0.588. The first-order chi connectivity index (χ1) is 11.3. The van der Waals surface area contributed by atoms with Crippen molar-refractivity contribution in [1.29, 1.82) is 0 Å². The van der Waals surface area contributed by atoms with Crippen LogP contribution in [0.25, 0.3) is 0 Å². The van der Waals surface area contributed by atoms with Crippen molar-refractivity contribution in [2.45, 2.75) is 38.6 Å². The molecule has 1 aliphatic carbocycles. The van der Waals surface area contributed by atoms with Crippen LogP contribution in [0.4, 0.5) is 5.82 Å². The molecule has 2 aromatic heterocycles. The Morgan fingerprint density at radius 1 is 1.30 bits per heavy atom. The van der Waals surface area contributed by atoms with Crippen molar-refractivity contribution in [2.75, 3.05) is 25.0 Å². The van der Waals surface area contributed by atoms with Gasteiger partial charge in [0.05, 0.1) is 6.54 Å². The van der Waals surface area contributed by atoms with Crippen LogP contribution in [0.15, 0.2) is 22.7 Å². The molecule has 6 heteroatoms. The first-order valence-corrected chi connectivity index (χ1v) is 8.47. The van der Waals surface area contributed by atoms with Crippen molar-refractivity contribution in [1.82, 2.24) is 20.1 Å². The van der Waals surface area contributed by atoms with Gasteiger partial charge in [-0.25, -0.2) is 4.98 Å². The molecule has 2 aromatic rings. The highest BCUT2D eigenvalue weighted by molar-refractivity contribution is 5.36. The number of aromatic nitrogens is 3. The minimum atomic E-state index is 0.536. The molecule has 1 N–H and O–H groups in total. The lowest BCUT2D eigenvalue weighted by molar-refractivity contribution is 0.278. The highest BCUT2D eigenvalue weighted by atomic mass is 16.4. The Kier molecular flexibility index (Phi) is 3.99. The molecule has 0 amide bonds. The van der Waals surface area contributed by atoms with Crippen LogP contribution >= 0.6 is 0 Å². The van der Waals surface area contributed by atoms with Gasteiger partial charge in [-0.2, -0.15) is 0 Å². The Morgan fingerprint density at radius 3 is 3.04 bits per heavy atom. The van der Waals surface area contributed by atoms with E-state index in [0.29, 0.717) is 11.8 Å². The molecule has 2 aliphatic rings. The number of nitrogens with zero attached hydrogens (tertiary/aromatic N) is 4. The number of likely N-dealkylation sites (tertiary alicyclic amines) is 1. The molecule has 0 aromatic carbocycles. The minimum Gasteiger partial charge on any atom is -0.424 e. The molecule has 2 fully saturated rings. The molecule has 122 valence electrons. The summed E-state index contributed by atoms with van der Waals surface area (Å²) in [5.41, 5.74) is 1.23. The fourth-order valence-electron chi connectivity index (χ4n) is 3.12. The standard InChI is InChI=1S/C17H23N5O/c1-12-4-6-18-15(8-12)19-9-13-5-7-22(10-13)11-16-20-21-17(23-16)14-2-3-14/h4,6,8,13-14H,2-3,5,7,9-11H2,1H3,(H,18,19)/t13-/m1/s1. The quantitative estimate of drug-likeness (QED) is 0.884. The van der Waals surface area contributed by atoms with E-state index in [4.69, 9.17) is 4.42 Å². The maximum atomic E-state index is 5.76. The van der Waals surface area contributed by atoms with Crippen LogP contribution in [0.5, 0.6) is 0 Å². The molecule has 1 aliphatic heterocycles. The molecule has 4 rings (SSSR count). The Labute approximate surface area is 136 Å². The highest BCUT2D eigenvalue weighted by Crippen LogP contribution is 2.39. The van der Waals surface area contributed by atoms with Crippen LogP contribution in [0.3, 0.4) is 0 Å². The number of nitrogens with one attached hydrogen (secondary N) is 1. The summed E-state index contributed by atoms with van der Waals surface area (Å²) < 4.78 is 5.76. The molecule has 1 atom stereocenters. The van der Waals surface area contributed by atoms with Gasteiger partial charge < -0.3 is 9.73 Å². The van der Waals surface area contributed by atoms with E-state index < -0.39 is 0 Å². The Hall–Kier alpha value is -1.95. The van der Waals surface area contributed by atoms with E-state index >= 15 is 0 Å². The van der Waals surface area contributed by atoms with Crippen LogP contribution in [0.1, 0.15) is 42.5 Å². The van der Waals surface area contributed by atoms with Gasteiger partial charge in [0.25, 0.3) is 0 Å². The predicted octanol–water partition coefficient (Wildman–Crippen LogP) is 2.58. The third kappa shape index (κ3) is 3.69. The average molecular weight is 313 g/mol. The van der Waals surface area contributed by atoms with Gasteiger partial charge in [0.2, 0.25) is 11.8 Å². The number of anilines is 1. The van der Waals surface area contributed by atoms with Crippen LogP contribution in [-0.2, 0) is 6.54 Å². The fourth-order valence-corrected chi connectivity index (χ4v) is 3.12. The zero-order valence-corrected chi connectivity index (χ0v) is 13.5. The summed E-state index contributed by atoms with van der Waals surface area (Å²) in [5, 5.41) is 11.8. The minimum absolute atomic E-state index is 0.536. The molecule has 0 bridgehead atoms. The van der Waals surface area contributed by atoms with E-state index in [1.165, 1.54) is 24.8 Å².